The van der Waals surface area contributed by atoms with Crippen LogP contribution in [0.1, 0.15) is 41.0 Å². The zero-order valence-electron chi connectivity index (χ0n) is 12.2. The Balaban J connectivity index is 2.67. The third-order valence-electron chi connectivity index (χ3n) is 3.74. The number of piperidine rings is 1. The highest BCUT2D eigenvalue weighted by atomic mass is 16.2. The van der Waals surface area contributed by atoms with Gasteiger partial charge in [0.15, 0.2) is 0 Å². The van der Waals surface area contributed by atoms with E-state index in [0.29, 0.717) is 18.4 Å². The molecular weight excluding hydrogens is 228 g/mol. The fourth-order valence-corrected chi connectivity index (χ4v) is 2.35. The van der Waals surface area contributed by atoms with Crippen molar-refractivity contribution in [2.24, 2.45) is 17.8 Å². The molecule has 1 N–H and O–H groups in total. The van der Waals surface area contributed by atoms with Gasteiger partial charge in [0.1, 0.15) is 0 Å². The average molecular weight is 254 g/mol. The van der Waals surface area contributed by atoms with Gasteiger partial charge in [0.05, 0.1) is 0 Å². The molecule has 104 valence electrons. The molecule has 0 bridgehead atoms. The molecule has 2 unspecified atom stereocenters. The van der Waals surface area contributed by atoms with E-state index in [1.54, 1.807) is 6.92 Å². The number of amides is 2. The van der Waals surface area contributed by atoms with Crippen molar-refractivity contribution in [2.75, 3.05) is 13.1 Å². The second kappa shape index (κ2) is 6.21. The maximum Gasteiger partial charge on any atom is 0.222 e. The van der Waals surface area contributed by atoms with Gasteiger partial charge in [0.25, 0.3) is 0 Å². The lowest BCUT2D eigenvalue weighted by Gasteiger charge is -2.39. The molecule has 4 heteroatoms. The Morgan fingerprint density at radius 3 is 2.22 bits per heavy atom. The SMILES string of the molecule is CC(=O)N1CC(NC(=O)C(C)C)CC(C(C)C)C1. The number of hydrogen-bond acceptors (Lipinski definition) is 2. The Bertz CT molecular complexity index is 313. The van der Waals surface area contributed by atoms with Gasteiger partial charge >= 0.3 is 0 Å². The summed E-state index contributed by atoms with van der Waals surface area (Å²) in [7, 11) is 0. The molecule has 0 aromatic rings. The number of hydrogen-bond donors (Lipinski definition) is 1. The first-order chi connectivity index (χ1) is 8.31. The van der Waals surface area contributed by atoms with Crippen LogP contribution in [0.2, 0.25) is 0 Å². The zero-order valence-corrected chi connectivity index (χ0v) is 12.2. The van der Waals surface area contributed by atoms with Gasteiger partial charge in [0, 0.05) is 32.0 Å². The van der Waals surface area contributed by atoms with Crippen LogP contribution >= 0.6 is 0 Å². The van der Waals surface area contributed by atoms with Crippen molar-refractivity contribution in [3.05, 3.63) is 0 Å². The Hall–Kier alpha value is -1.06. The molecule has 0 spiro atoms. The monoisotopic (exact) mass is 254 g/mol. The van der Waals surface area contributed by atoms with Crippen molar-refractivity contribution in [2.45, 2.75) is 47.1 Å². The molecule has 1 heterocycles. The van der Waals surface area contributed by atoms with Crippen molar-refractivity contribution < 1.29 is 9.59 Å². The minimum absolute atomic E-state index is 0.00444. The van der Waals surface area contributed by atoms with E-state index in [-0.39, 0.29) is 23.8 Å². The van der Waals surface area contributed by atoms with Crippen LogP contribution in [0.25, 0.3) is 0 Å². The van der Waals surface area contributed by atoms with Crippen LogP contribution in [0.15, 0.2) is 0 Å². The van der Waals surface area contributed by atoms with Gasteiger partial charge < -0.3 is 10.2 Å². The summed E-state index contributed by atoms with van der Waals surface area (Å²) in [6.07, 6.45) is 0.972. The molecule has 1 aliphatic rings. The number of rotatable bonds is 3. The van der Waals surface area contributed by atoms with Crippen LogP contribution in [0.3, 0.4) is 0 Å². The van der Waals surface area contributed by atoms with Crippen molar-refractivity contribution in [1.29, 1.82) is 0 Å². The standard InChI is InChI=1S/C14H26N2O2/c1-9(2)12-6-13(15-14(18)10(3)4)8-16(7-12)11(5)17/h9-10,12-13H,6-8H2,1-5H3,(H,15,18). The minimum Gasteiger partial charge on any atom is -0.351 e. The predicted molar refractivity (Wildman–Crippen MR) is 72.0 cm³/mol. The molecule has 0 aromatic carbocycles. The second-order valence-electron chi connectivity index (χ2n) is 6.02. The van der Waals surface area contributed by atoms with Crippen LogP contribution < -0.4 is 5.32 Å². The smallest absolute Gasteiger partial charge is 0.222 e. The van der Waals surface area contributed by atoms with E-state index < -0.39 is 0 Å². The first kappa shape index (κ1) is 15.0. The lowest BCUT2D eigenvalue weighted by Crippen LogP contribution is -2.53. The van der Waals surface area contributed by atoms with Crippen LogP contribution in [0.4, 0.5) is 0 Å². The van der Waals surface area contributed by atoms with Gasteiger partial charge in [-0.05, 0) is 18.3 Å². The van der Waals surface area contributed by atoms with E-state index in [4.69, 9.17) is 0 Å². The molecule has 0 saturated carbocycles. The normalized spacial score (nSPS) is 24.5. The first-order valence-corrected chi connectivity index (χ1v) is 6.87. The third kappa shape index (κ3) is 4.00. The minimum atomic E-state index is -0.00444. The number of carbonyl (C=O) groups is 2. The van der Waals surface area contributed by atoms with E-state index in [1.807, 2.05) is 18.7 Å². The molecule has 1 fully saturated rings. The summed E-state index contributed by atoms with van der Waals surface area (Å²) >= 11 is 0. The summed E-state index contributed by atoms with van der Waals surface area (Å²) in [6, 6.07) is 0.102. The Morgan fingerprint density at radius 1 is 1.17 bits per heavy atom. The quantitative estimate of drug-likeness (QED) is 0.832. The molecule has 1 aliphatic heterocycles. The zero-order chi connectivity index (χ0) is 13.9. The number of carbonyl (C=O) groups excluding carboxylic acids is 2. The Labute approximate surface area is 110 Å². The molecule has 1 saturated heterocycles. The fraction of sp³-hybridized carbons (Fsp3) is 0.857. The van der Waals surface area contributed by atoms with E-state index in [1.165, 1.54) is 0 Å². The van der Waals surface area contributed by atoms with Crippen LogP contribution in [0.5, 0.6) is 0 Å². The fourth-order valence-electron chi connectivity index (χ4n) is 2.35. The molecule has 0 radical (unpaired) electrons. The molecular formula is C14H26N2O2. The average Bonchev–Trinajstić information content (AvgIpc) is 2.28. The molecule has 4 nitrogen and oxygen atoms in total. The summed E-state index contributed by atoms with van der Waals surface area (Å²) in [6.45, 7) is 11.2. The first-order valence-electron chi connectivity index (χ1n) is 6.87. The van der Waals surface area contributed by atoms with Gasteiger partial charge in [-0.1, -0.05) is 27.7 Å². The molecule has 0 aromatic heterocycles. The van der Waals surface area contributed by atoms with Gasteiger partial charge in [-0.15, -0.1) is 0 Å². The molecule has 1 rings (SSSR count). The van der Waals surface area contributed by atoms with Gasteiger partial charge in [-0.2, -0.15) is 0 Å². The molecule has 2 amide bonds. The maximum atomic E-state index is 11.7. The van der Waals surface area contributed by atoms with E-state index >= 15 is 0 Å². The van der Waals surface area contributed by atoms with Crippen LogP contribution in [-0.4, -0.2) is 35.8 Å². The highest BCUT2D eigenvalue weighted by molar-refractivity contribution is 5.78. The number of nitrogens with zero attached hydrogens (tertiary/aromatic N) is 1. The molecule has 2 atom stereocenters. The Morgan fingerprint density at radius 2 is 1.78 bits per heavy atom. The van der Waals surface area contributed by atoms with Crippen LogP contribution in [0, 0.1) is 17.8 Å². The van der Waals surface area contributed by atoms with E-state index in [0.717, 1.165) is 13.0 Å². The lowest BCUT2D eigenvalue weighted by molar-refractivity contribution is -0.133. The third-order valence-corrected chi connectivity index (χ3v) is 3.74. The van der Waals surface area contributed by atoms with Crippen molar-refractivity contribution in [1.82, 2.24) is 10.2 Å². The van der Waals surface area contributed by atoms with E-state index in [2.05, 4.69) is 19.2 Å². The summed E-state index contributed by atoms with van der Waals surface area (Å²) in [5, 5.41) is 3.06. The summed E-state index contributed by atoms with van der Waals surface area (Å²) < 4.78 is 0. The maximum absolute atomic E-state index is 11.7. The number of likely N-dealkylation sites (tertiary alicyclic amines) is 1. The summed E-state index contributed by atoms with van der Waals surface area (Å²) in [5.74, 6) is 1.18. The van der Waals surface area contributed by atoms with Crippen LogP contribution in [-0.2, 0) is 9.59 Å². The van der Waals surface area contributed by atoms with Gasteiger partial charge in [-0.25, -0.2) is 0 Å². The van der Waals surface area contributed by atoms with Crippen molar-refractivity contribution >= 4 is 11.8 Å². The van der Waals surface area contributed by atoms with Gasteiger partial charge in [-0.3, -0.25) is 9.59 Å². The molecule has 0 aliphatic carbocycles. The lowest BCUT2D eigenvalue weighted by atomic mass is 9.85. The summed E-state index contributed by atoms with van der Waals surface area (Å²) in [5.41, 5.74) is 0. The number of nitrogens with one attached hydrogen (secondary N) is 1. The van der Waals surface area contributed by atoms with Gasteiger partial charge in [0.2, 0.25) is 11.8 Å². The van der Waals surface area contributed by atoms with Crippen molar-refractivity contribution in [3.8, 4) is 0 Å². The largest absolute Gasteiger partial charge is 0.351 e. The highest BCUT2D eigenvalue weighted by Gasteiger charge is 2.31. The summed E-state index contributed by atoms with van der Waals surface area (Å²) in [4.78, 5) is 25.2. The topological polar surface area (TPSA) is 49.4 Å². The Kier molecular flexibility index (Phi) is 5.17. The highest BCUT2D eigenvalue weighted by Crippen LogP contribution is 2.24. The molecule has 18 heavy (non-hydrogen) atoms. The predicted octanol–water partition coefficient (Wildman–Crippen LogP) is 1.65. The van der Waals surface area contributed by atoms with Crippen molar-refractivity contribution in [3.63, 3.8) is 0 Å². The van der Waals surface area contributed by atoms with E-state index in [9.17, 15) is 9.59 Å². The second-order valence-corrected chi connectivity index (χ2v) is 6.02.